The summed E-state index contributed by atoms with van der Waals surface area (Å²) in [6.07, 6.45) is 2.43. The van der Waals surface area contributed by atoms with Gasteiger partial charge in [-0.15, -0.1) is 0 Å². The molecule has 0 fully saturated rings. The monoisotopic (exact) mass is 279 g/mol. The fourth-order valence-electron chi connectivity index (χ4n) is 1.46. The van der Waals surface area contributed by atoms with E-state index in [9.17, 15) is 9.59 Å². The molecular weight excluding hydrogens is 270 g/mol. The Morgan fingerprint density at radius 2 is 2.32 bits per heavy atom. The van der Waals surface area contributed by atoms with Crippen molar-refractivity contribution < 1.29 is 13.9 Å². The van der Waals surface area contributed by atoms with Crippen LogP contribution >= 0.6 is 11.6 Å². The van der Waals surface area contributed by atoms with Crippen molar-refractivity contribution in [2.45, 2.75) is 6.92 Å². The molecule has 0 aliphatic rings. The van der Waals surface area contributed by atoms with E-state index in [2.05, 4.69) is 4.98 Å². The third-order valence-corrected chi connectivity index (χ3v) is 2.49. The van der Waals surface area contributed by atoms with Crippen LogP contribution in [0.3, 0.4) is 0 Å². The Labute approximate surface area is 113 Å². The van der Waals surface area contributed by atoms with E-state index < -0.39 is 11.6 Å². The summed E-state index contributed by atoms with van der Waals surface area (Å²) < 4.78 is 9.66. The number of hydrogen-bond donors (Lipinski definition) is 0. The normalized spacial score (nSPS) is 11.1. The van der Waals surface area contributed by atoms with Crippen LogP contribution in [0.4, 0.5) is 0 Å². The Kier molecular flexibility index (Phi) is 3.97. The summed E-state index contributed by atoms with van der Waals surface area (Å²) in [7, 11) is 0. The summed E-state index contributed by atoms with van der Waals surface area (Å²) >= 11 is 5.78. The van der Waals surface area contributed by atoms with Gasteiger partial charge in [-0.2, -0.15) is 0 Å². The van der Waals surface area contributed by atoms with Gasteiger partial charge in [-0.1, -0.05) is 11.6 Å². The number of ether oxygens (including phenoxy) is 1. The fourth-order valence-corrected chi connectivity index (χ4v) is 1.63. The number of carbonyl (C=O) groups is 1. The molecule has 19 heavy (non-hydrogen) atoms. The van der Waals surface area contributed by atoms with Crippen LogP contribution in [0.5, 0.6) is 0 Å². The molecule has 0 bridgehead atoms. The first-order valence-electron chi connectivity index (χ1n) is 5.55. The molecule has 2 aromatic rings. The van der Waals surface area contributed by atoms with Gasteiger partial charge in [0.2, 0.25) is 5.89 Å². The van der Waals surface area contributed by atoms with Gasteiger partial charge in [0.1, 0.15) is 0 Å². The number of nitrogens with zero attached hydrogens (tertiary/aromatic N) is 1. The molecule has 1 aromatic heterocycles. The van der Waals surface area contributed by atoms with E-state index in [1.807, 2.05) is 0 Å². The van der Waals surface area contributed by atoms with Gasteiger partial charge in [0.15, 0.2) is 0 Å². The summed E-state index contributed by atoms with van der Waals surface area (Å²) in [4.78, 5) is 26.9. The van der Waals surface area contributed by atoms with E-state index in [0.29, 0.717) is 15.9 Å². The fraction of sp³-hybridized carbons (Fsp3) is 0.154. The summed E-state index contributed by atoms with van der Waals surface area (Å²) in [6.45, 7) is 1.97. The summed E-state index contributed by atoms with van der Waals surface area (Å²) in [5.74, 6) is -0.490. The number of halogens is 1. The summed E-state index contributed by atoms with van der Waals surface area (Å²) in [5, 5.41) is 0.720. The predicted molar refractivity (Wildman–Crippen MR) is 71.0 cm³/mol. The second kappa shape index (κ2) is 5.67. The van der Waals surface area contributed by atoms with E-state index in [1.54, 1.807) is 19.1 Å². The summed E-state index contributed by atoms with van der Waals surface area (Å²) in [6, 6.07) is 4.71. The number of aromatic nitrogens is 1. The Morgan fingerprint density at radius 3 is 3.05 bits per heavy atom. The van der Waals surface area contributed by atoms with Crippen LogP contribution in [-0.4, -0.2) is 17.6 Å². The van der Waals surface area contributed by atoms with Gasteiger partial charge in [-0.05, 0) is 25.1 Å². The third kappa shape index (κ3) is 3.20. The molecule has 0 atom stereocenters. The van der Waals surface area contributed by atoms with E-state index >= 15 is 0 Å². The van der Waals surface area contributed by atoms with Gasteiger partial charge in [0.05, 0.1) is 17.5 Å². The Bertz CT molecular complexity index is 705. The van der Waals surface area contributed by atoms with Gasteiger partial charge < -0.3 is 9.15 Å². The molecule has 0 aliphatic heterocycles. The Morgan fingerprint density at radius 1 is 1.53 bits per heavy atom. The topological polar surface area (TPSA) is 69.4 Å². The first kappa shape index (κ1) is 13.3. The smallest absolute Gasteiger partial charge is 0.347 e. The van der Waals surface area contributed by atoms with Crippen LogP contribution in [0.25, 0.3) is 17.0 Å². The van der Waals surface area contributed by atoms with Crippen molar-refractivity contribution in [2.75, 3.05) is 6.61 Å². The minimum absolute atomic E-state index is 0.0351. The highest BCUT2D eigenvalue weighted by Gasteiger charge is 2.05. The maximum absolute atomic E-state index is 11.7. The van der Waals surface area contributed by atoms with E-state index in [4.69, 9.17) is 20.8 Å². The lowest BCUT2D eigenvalue weighted by Gasteiger charge is -1.98. The van der Waals surface area contributed by atoms with Crippen molar-refractivity contribution in [3.05, 3.63) is 45.6 Å². The molecule has 2 rings (SSSR count). The number of hydrogen-bond acceptors (Lipinski definition) is 5. The molecule has 0 spiro atoms. The quantitative estimate of drug-likeness (QED) is 0.637. The molecule has 5 nitrogen and oxygen atoms in total. The van der Waals surface area contributed by atoms with Crippen LogP contribution < -0.4 is 5.63 Å². The first-order valence-corrected chi connectivity index (χ1v) is 5.93. The van der Waals surface area contributed by atoms with Crippen molar-refractivity contribution in [2.24, 2.45) is 0 Å². The zero-order valence-corrected chi connectivity index (χ0v) is 10.8. The third-order valence-electron chi connectivity index (χ3n) is 2.26. The van der Waals surface area contributed by atoms with E-state index in [0.717, 1.165) is 6.08 Å². The molecule has 0 amide bonds. The molecule has 0 saturated heterocycles. The Balaban J connectivity index is 2.39. The first-order chi connectivity index (χ1) is 9.10. The van der Waals surface area contributed by atoms with Crippen LogP contribution in [0.2, 0.25) is 5.02 Å². The maximum Gasteiger partial charge on any atom is 0.347 e. The van der Waals surface area contributed by atoms with Crippen LogP contribution in [0.15, 0.2) is 33.5 Å². The van der Waals surface area contributed by atoms with E-state index in [-0.39, 0.29) is 12.5 Å². The zero-order chi connectivity index (χ0) is 13.8. The molecule has 0 radical (unpaired) electrons. The lowest BCUT2D eigenvalue weighted by atomic mass is 10.2. The predicted octanol–water partition coefficient (Wildman–Crippen LogP) is 2.42. The molecule has 0 aliphatic carbocycles. The van der Waals surface area contributed by atoms with E-state index in [1.165, 1.54) is 12.1 Å². The zero-order valence-electron chi connectivity index (χ0n) is 10.1. The van der Waals surface area contributed by atoms with Gasteiger partial charge in [-0.3, -0.25) is 0 Å². The molecule has 6 heteroatoms. The van der Waals surface area contributed by atoms with Crippen LogP contribution in [-0.2, 0) is 9.53 Å². The van der Waals surface area contributed by atoms with Crippen molar-refractivity contribution >= 4 is 34.5 Å². The lowest BCUT2D eigenvalue weighted by Crippen LogP contribution is -2.03. The molecule has 0 saturated carbocycles. The van der Waals surface area contributed by atoms with Crippen molar-refractivity contribution in [3.8, 4) is 0 Å². The summed E-state index contributed by atoms with van der Waals surface area (Å²) in [5.41, 5.74) is -0.111. The minimum Gasteiger partial charge on any atom is -0.463 e. The highest BCUT2D eigenvalue weighted by Crippen LogP contribution is 2.15. The van der Waals surface area contributed by atoms with Gasteiger partial charge >= 0.3 is 11.6 Å². The van der Waals surface area contributed by atoms with Crippen LogP contribution in [0, 0.1) is 0 Å². The van der Waals surface area contributed by atoms with Gasteiger partial charge in [0, 0.05) is 17.2 Å². The number of carbonyl (C=O) groups excluding carboxylic acids is 1. The van der Waals surface area contributed by atoms with Crippen LogP contribution in [0.1, 0.15) is 12.8 Å². The number of benzene rings is 1. The molecule has 98 valence electrons. The van der Waals surface area contributed by atoms with Gasteiger partial charge in [-0.25, -0.2) is 14.6 Å². The molecule has 0 N–H and O–H groups in total. The molecule has 1 aromatic carbocycles. The number of esters is 1. The number of fused-ring (bicyclic) bond motifs is 1. The maximum atomic E-state index is 11.7. The standard InChI is InChI=1S/C13H10ClNO4/c1-2-18-12(16)6-5-11-15-10-4-3-8(14)7-9(10)13(17)19-11/h3-7H,2H2,1H3/b6-5-. The average Bonchev–Trinajstić information content (AvgIpc) is 2.38. The highest BCUT2D eigenvalue weighted by molar-refractivity contribution is 6.31. The Hall–Kier alpha value is -2.14. The molecule has 0 unspecified atom stereocenters. The SMILES string of the molecule is CCOC(=O)/C=C\c1nc2ccc(Cl)cc2c(=O)o1. The van der Waals surface area contributed by atoms with Crippen molar-refractivity contribution in [3.63, 3.8) is 0 Å². The molecule has 1 heterocycles. The highest BCUT2D eigenvalue weighted by atomic mass is 35.5. The van der Waals surface area contributed by atoms with Gasteiger partial charge in [0.25, 0.3) is 0 Å². The average molecular weight is 280 g/mol. The number of rotatable bonds is 3. The lowest BCUT2D eigenvalue weighted by molar-refractivity contribution is -0.137. The second-order valence-corrected chi connectivity index (χ2v) is 4.02. The molecular formula is C13H10ClNO4. The van der Waals surface area contributed by atoms with Crippen molar-refractivity contribution in [1.82, 2.24) is 4.98 Å². The second-order valence-electron chi connectivity index (χ2n) is 3.59. The largest absolute Gasteiger partial charge is 0.463 e. The van der Waals surface area contributed by atoms with Crippen molar-refractivity contribution in [1.29, 1.82) is 0 Å². The minimum atomic E-state index is -0.559.